The number of nitrogens with two attached hydrogens (primary N) is 1. The van der Waals surface area contributed by atoms with Crippen LogP contribution >= 0.6 is 0 Å². The van der Waals surface area contributed by atoms with Crippen LogP contribution in [0.4, 0.5) is 14.7 Å². The molecule has 0 unspecified atom stereocenters. The summed E-state index contributed by atoms with van der Waals surface area (Å²) < 4.78 is 36.6. The van der Waals surface area contributed by atoms with E-state index in [0.29, 0.717) is 5.69 Å². The van der Waals surface area contributed by atoms with Gasteiger partial charge in [0.2, 0.25) is 5.95 Å². The quantitative estimate of drug-likeness (QED) is 0.748. The zero-order valence-electron chi connectivity index (χ0n) is 10.6. The second-order valence-electron chi connectivity index (χ2n) is 4.59. The molecule has 0 radical (unpaired) electrons. The van der Waals surface area contributed by atoms with Gasteiger partial charge in [-0.3, -0.25) is 4.57 Å². The second kappa shape index (κ2) is 3.85. The Balaban J connectivity index is 1.89. The summed E-state index contributed by atoms with van der Waals surface area (Å²) in [6.07, 6.45) is -3.64. The van der Waals surface area contributed by atoms with Crippen LogP contribution in [0.2, 0.25) is 0 Å². The van der Waals surface area contributed by atoms with Crippen LogP contribution in [0.1, 0.15) is 0 Å². The smallest absolute Gasteiger partial charge is 0.395 e. The summed E-state index contributed by atoms with van der Waals surface area (Å²) in [4.78, 5) is 4.23. The summed E-state index contributed by atoms with van der Waals surface area (Å²) in [5, 5.41) is 0. The fraction of sp³-hybridized carbons (Fsp3) is 0.0714. The number of fused-ring (bicyclic) bond motifs is 2. The third-order valence-electron chi connectivity index (χ3n) is 3.23. The van der Waals surface area contributed by atoms with Gasteiger partial charge in [0, 0.05) is 6.07 Å². The van der Waals surface area contributed by atoms with E-state index < -0.39 is 6.29 Å². The van der Waals surface area contributed by atoms with Gasteiger partial charge in [0.15, 0.2) is 11.5 Å². The number of alkyl halides is 2. The molecular weight excluding hydrogens is 280 g/mol. The summed E-state index contributed by atoms with van der Waals surface area (Å²) in [6, 6.07) is 11.8. The minimum Gasteiger partial charge on any atom is -0.395 e. The van der Waals surface area contributed by atoms with Gasteiger partial charge in [0.1, 0.15) is 0 Å². The third-order valence-corrected chi connectivity index (χ3v) is 3.23. The maximum absolute atomic E-state index is 13.1. The Morgan fingerprint density at radius 1 is 1.05 bits per heavy atom. The van der Waals surface area contributed by atoms with Crippen molar-refractivity contribution in [3.63, 3.8) is 0 Å². The lowest BCUT2D eigenvalue weighted by atomic mass is 10.2. The monoisotopic (exact) mass is 289 g/mol. The summed E-state index contributed by atoms with van der Waals surface area (Å²) in [6.45, 7) is 0. The molecule has 4 rings (SSSR count). The molecule has 3 aromatic rings. The average Bonchev–Trinajstić information content (AvgIpc) is 2.91. The molecular formula is C14H9F2N3O2. The molecule has 1 aliphatic heterocycles. The molecule has 0 bridgehead atoms. The van der Waals surface area contributed by atoms with Crippen LogP contribution in [-0.4, -0.2) is 15.8 Å². The molecule has 0 atom stereocenters. The Hall–Kier alpha value is -2.83. The molecule has 2 N–H and O–H groups in total. The first kappa shape index (κ1) is 12.0. The first-order chi connectivity index (χ1) is 10.0. The number of hydrogen-bond acceptors (Lipinski definition) is 4. The van der Waals surface area contributed by atoms with E-state index in [-0.39, 0.29) is 17.4 Å². The zero-order chi connectivity index (χ0) is 14.6. The van der Waals surface area contributed by atoms with Crippen molar-refractivity contribution in [2.45, 2.75) is 6.29 Å². The molecule has 1 aromatic heterocycles. The Labute approximate surface area is 117 Å². The van der Waals surface area contributed by atoms with Gasteiger partial charge in [-0.15, -0.1) is 8.78 Å². The van der Waals surface area contributed by atoms with Crippen LogP contribution < -0.4 is 15.2 Å². The molecule has 2 heterocycles. The lowest BCUT2D eigenvalue weighted by Gasteiger charge is -2.07. The van der Waals surface area contributed by atoms with Gasteiger partial charge >= 0.3 is 6.29 Å². The number of halogens is 2. The highest BCUT2D eigenvalue weighted by Crippen LogP contribution is 2.42. The molecule has 0 aliphatic carbocycles. The number of para-hydroxylation sites is 2. The number of ether oxygens (including phenoxy) is 2. The largest absolute Gasteiger partial charge is 0.586 e. The van der Waals surface area contributed by atoms with Crippen molar-refractivity contribution in [3.05, 3.63) is 42.5 Å². The Morgan fingerprint density at radius 3 is 2.67 bits per heavy atom. The number of anilines is 1. The van der Waals surface area contributed by atoms with Crippen molar-refractivity contribution in [3.8, 4) is 17.2 Å². The van der Waals surface area contributed by atoms with E-state index in [0.717, 1.165) is 11.0 Å². The minimum atomic E-state index is -3.64. The lowest BCUT2D eigenvalue weighted by Crippen LogP contribution is -2.25. The third kappa shape index (κ3) is 1.78. The number of hydrogen-bond donors (Lipinski definition) is 1. The second-order valence-corrected chi connectivity index (χ2v) is 4.59. The predicted octanol–water partition coefficient (Wildman–Crippen LogP) is 2.93. The Morgan fingerprint density at radius 2 is 1.81 bits per heavy atom. The molecule has 0 fully saturated rings. The van der Waals surface area contributed by atoms with Gasteiger partial charge < -0.3 is 15.2 Å². The SMILES string of the molecule is Nc1nc2ccccc2n1-c1ccc2c(c1)OC(F)(F)O2. The highest BCUT2D eigenvalue weighted by Gasteiger charge is 2.43. The van der Waals surface area contributed by atoms with E-state index in [4.69, 9.17) is 5.73 Å². The fourth-order valence-electron chi connectivity index (χ4n) is 2.39. The summed E-state index contributed by atoms with van der Waals surface area (Å²) in [7, 11) is 0. The van der Waals surface area contributed by atoms with E-state index >= 15 is 0 Å². The van der Waals surface area contributed by atoms with Crippen LogP contribution in [-0.2, 0) is 0 Å². The van der Waals surface area contributed by atoms with Crippen molar-refractivity contribution in [1.82, 2.24) is 9.55 Å². The van der Waals surface area contributed by atoms with Gasteiger partial charge in [-0.05, 0) is 24.3 Å². The van der Waals surface area contributed by atoms with Crippen LogP contribution in [0.15, 0.2) is 42.5 Å². The summed E-state index contributed by atoms with van der Waals surface area (Å²) in [5.74, 6) is 0.225. The number of nitrogens with zero attached hydrogens (tertiary/aromatic N) is 2. The maximum Gasteiger partial charge on any atom is 0.586 e. The number of rotatable bonds is 1. The van der Waals surface area contributed by atoms with Crippen molar-refractivity contribution in [2.24, 2.45) is 0 Å². The Bertz CT molecular complexity index is 861. The minimum absolute atomic E-state index is 0.00765. The number of benzene rings is 2. The van der Waals surface area contributed by atoms with Gasteiger partial charge in [-0.25, -0.2) is 4.98 Å². The van der Waals surface area contributed by atoms with Crippen LogP contribution in [0, 0.1) is 0 Å². The average molecular weight is 289 g/mol. The summed E-state index contributed by atoms with van der Waals surface area (Å²) >= 11 is 0. The number of imidazole rings is 1. The molecule has 106 valence electrons. The molecule has 0 spiro atoms. The fourth-order valence-corrected chi connectivity index (χ4v) is 2.39. The highest BCUT2D eigenvalue weighted by atomic mass is 19.3. The highest BCUT2D eigenvalue weighted by molar-refractivity contribution is 5.81. The molecule has 0 amide bonds. The molecule has 7 heteroatoms. The number of aromatic nitrogens is 2. The van der Waals surface area contributed by atoms with Crippen molar-refractivity contribution in [1.29, 1.82) is 0 Å². The number of nitrogen functional groups attached to an aromatic ring is 1. The predicted molar refractivity (Wildman–Crippen MR) is 71.7 cm³/mol. The van der Waals surface area contributed by atoms with E-state index in [1.165, 1.54) is 12.1 Å². The lowest BCUT2D eigenvalue weighted by molar-refractivity contribution is -0.286. The van der Waals surface area contributed by atoms with Crippen LogP contribution in [0.3, 0.4) is 0 Å². The van der Waals surface area contributed by atoms with Crippen molar-refractivity contribution >= 4 is 17.0 Å². The summed E-state index contributed by atoms with van der Waals surface area (Å²) in [5.41, 5.74) is 7.98. The zero-order valence-corrected chi connectivity index (χ0v) is 10.6. The molecule has 2 aromatic carbocycles. The van der Waals surface area contributed by atoms with Crippen LogP contribution in [0.5, 0.6) is 11.5 Å². The topological polar surface area (TPSA) is 62.3 Å². The first-order valence-corrected chi connectivity index (χ1v) is 6.17. The van der Waals surface area contributed by atoms with E-state index in [1.54, 1.807) is 10.6 Å². The van der Waals surface area contributed by atoms with Gasteiger partial charge in [-0.2, -0.15) is 0 Å². The normalized spacial score (nSPS) is 15.5. The van der Waals surface area contributed by atoms with E-state index in [9.17, 15) is 8.78 Å². The maximum atomic E-state index is 13.1. The van der Waals surface area contributed by atoms with Gasteiger partial charge in [-0.1, -0.05) is 12.1 Å². The first-order valence-electron chi connectivity index (χ1n) is 6.17. The van der Waals surface area contributed by atoms with Gasteiger partial charge in [0.05, 0.1) is 16.7 Å². The van der Waals surface area contributed by atoms with Gasteiger partial charge in [0.25, 0.3) is 0 Å². The Kier molecular flexibility index (Phi) is 2.19. The molecule has 0 saturated heterocycles. The van der Waals surface area contributed by atoms with E-state index in [2.05, 4.69) is 14.5 Å². The van der Waals surface area contributed by atoms with Crippen molar-refractivity contribution in [2.75, 3.05) is 5.73 Å². The molecule has 21 heavy (non-hydrogen) atoms. The standard InChI is InChI=1S/C14H9F2N3O2/c15-14(16)20-11-6-5-8(7-12(11)21-14)19-10-4-2-1-3-9(10)18-13(19)17/h1-7H,(H2,17,18). The van der Waals surface area contributed by atoms with E-state index in [1.807, 2.05) is 24.3 Å². The van der Waals surface area contributed by atoms with Crippen molar-refractivity contribution < 1.29 is 18.3 Å². The molecule has 0 saturated carbocycles. The molecule has 5 nitrogen and oxygen atoms in total. The van der Waals surface area contributed by atoms with Crippen LogP contribution in [0.25, 0.3) is 16.7 Å². The molecule has 1 aliphatic rings.